The van der Waals surface area contributed by atoms with Gasteiger partial charge < -0.3 is 25.4 Å². The number of benzene rings is 2. The second-order valence-corrected chi connectivity index (χ2v) is 5.87. The minimum absolute atomic E-state index is 0.150. The van der Waals surface area contributed by atoms with E-state index in [4.69, 9.17) is 9.47 Å². The van der Waals surface area contributed by atoms with Crippen molar-refractivity contribution < 1.29 is 23.9 Å². The quantitative estimate of drug-likeness (QED) is 0.601. The number of hydrogen-bond donors (Lipinski definition) is 3. The fraction of sp³-hybridized carbons (Fsp3) is 0.250. The monoisotopic (exact) mass is 385 g/mol. The Bertz CT molecular complexity index is 827. The van der Waals surface area contributed by atoms with E-state index in [1.807, 2.05) is 0 Å². The van der Waals surface area contributed by atoms with Crippen LogP contribution >= 0.6 is 0 Å². The van der Waals surface area contributed by atoms with Crippen molar-refractivity contribution in [3.05, 3.63) is 53.6 Å². The van der Waals surface area contributed by atoms with Gasteiger partial charge in [0.05, 0.1) is 14.2 Å². The van der Waals surface area contributed by atoms with Gasteiger partial charge in [0.25, 0.3) is 11.8 Å². The summed E-state index contributed by atoms with van der Waals surface area (Å²) in [6.07, 6.45) is 0. The zero-order valence-corrected chi connectivity index (χ0v) is 16.0. The van der Waals surface area contributed by atoms with Gasteiger partial charge in [-0.1, -0.05) is 0 Å². The molecule has 0 radical (unpaired) electrons. The van der Waals surface area contributed by atoms with Crippen molar-refractivity contribution >= 4 is 23.4 Å². The molecule has 2 aromatic rings. The number of hydrogen-bond acceptors (Lipinski definition) is 5. The van der Waals surface area contributed by atoms with Crippen LogP contribution in [0, 0.1) is 0 Å². The third kappa shape index (κ3) is 6.01. The molecule has 0 atom stereocenters. The number of amides is 3. The van der Waals surface area contributed by atoms with Crippen LogP contribution in [0.2, 0.25) is 0 Å². The van der Waals surface area contributed by atoms with Crippen molar-refractivity contribution in [1.29, 1.82) is 0 Å². The number of anilines is 1. The van der Waals surface area contributed by atoms with E-state index >= 15 is 0 Å². The first-order valence-corrected chi connectivity index (χ1v) is 8.60. The number of carbonyl (C=O) groups excluding carboxylic acids is 3. The van der Waals surface area contributed by atoms with Crippen LogP contribution in [-0.4, -0.2) is 45.0 Å². The first kappa shape index (κ1) is 20.8. The van der Waals surface area contributed by atoms with E-state index < -0.39 is 0 Å². The molecule has 2 rings (SSSR count). The van der Waals surface area contributed by atoms with Gasteiger partial charge in [0.2, 0.25) is 5.91 Å². The highest BCUT2D eigenvalue weighted by atomic mass is 16.5. The van der Waals surface area contributed by atoms with Crippen molar-refractivity contribution in [3.8, 4) is 11.5 Å². The third-order valence-electron chi connectivity index (χ3n) is 3.80. The van der Waals surface area contributed by atoms with Gasteiger partial charge in [-0.3, -0.25) is 14.4 Å². The molecule has 0 saturated heterocycles. The largest absolute Gasteiger partial charge is 0.497 e. The van der Waals surface area contributed by atoms with Gasteiger partial charge in [0, 0.05) is 42.9 Å². The lowest BCUT2D eigenvalue weighted by Gasteiger charge is -2.10. The molecule has 3 N–H and O–H groups in total. The fourth-order valence-corrected chi connectivity index (χ4v) is 2.36. The summed E-state index contributed by atoms with van der Waals surface area (Å²) in [4.78, 5) is 35.3. The van der Waals surface area contributed by atoms with E-state index in [9.17, 15) is 14.4 Å². The molecule has 0 bridgehead atoms. The second-order valence-electron chi connectivity index (χ2n) is 5.87. The molecule has 0 aromatic heterocycles. The number of methoxy groups -OCH3 is 2. The molecule has 0 aliphatic heterocycles. The molecule has 0 unspecified atom stereocenters. The summed E-state index contributed by atoms with van der Waals surface area (Å²) in [5.74, 6) is 0.278. The van der Waals surface area contributed by atoms with Gasteiger partial charge in [-0.25, -0.2) is 0 Å². The van der Waals surface area contributed by atoms with Crippen LogP contribution in [0.15, 0.2) is 42.5 Å². The molecular formula is C20H23N3O5. The van der Waals surface area contributed by atoms with Crippen molar-refractivity contribution in [2.45, 2.75) is 6.92 Å². The first-order chi connectivity index (χ1) is 13.4. The Morgan fingerprint density at radius 1 is 0.786 bits per heavy atom. The predicted octanol–water partition coefficient (Wildman–Crippen LogP) is 1.82. The Morgan fingerprint density at radius 2 is 1.36 bits per heavy atom. The van der Waals surface area contributed by atoms with E-state index in [1.165, 1.54) is 21.1 Å². The average Bonchev–Trinajstić information content (AvgIpc) is 2.70. The highest BCUT2D eigenvalue weighted by Crippen LogP contribution is 2.23. The Morgan fingerprint density at radius 3 is 1.89 bits per heavy atom. The van der Waals surface area contributed by atoms with Gasteiger partial charge in [0.15, 0.2) is 0 Å². The minimum Gasteiger partial charge on any atom is -0.497 e. The molecule has 2 aromatic carbocycles. The molecule has 28 heavy (non-hydrogen) atoms. The van der Waals surface area contributed by atoms with E-state index in [0.717, 1.165) is 0 Å². The van der Waals surface area contributed by atoms with Crippen LogP contribution in [0.4, 0.5) is 5.69 Å². The summed E-state index contributed by atoms with van der Waals surface area (Å²) in [5, 5.41) is 8.06. The third-order valence-corrected chi connectivity index (χ3v) is 3.80. The summed E-state index contributed by atoms with van der Waals surface area (Å²) in [5.41, 5.74) is 1.38. The van der Waals surface area contributed by atoms with Crippen molar-refractivity contribution in [2.75, 3.05) is 32.6 Å². The van der Waals surface area contributed by atoms with Gasteiger partial charge in [0.1, 0.15) is 11.5 Å². The lowest BCUT2D eigenvalue weighted by molar-refractivity contribution is -0.118. The Kier molecular flexibility index (Phi) is 7.38. The maximum Gasteiger partial charge on any atom is 0.255 e. The van der Waals surface area contributed by atoms with E-state index in [2.05, 4.69) is 16.0 Å². The summed E-state index contributed by atoms with van der Waals surface area (Å²) in [7, 11) is 3.02. The van der Waals surface area contributed by atoms with E-state index in [1.54, 1.807) is 42.5 Å². The van der Waals surface area contributed by atoms with E-state index in [0.29, 0.717) is 41.4 Å². The van der Waals surface area contributed by atoms with Gasteiger partial charge in [-0.05, 0) is 36.4 Å². The summed E-state index contributed by atoms with van der Waals surface area (Å²) in [6, 6.07) is 11.4. The molecule has 0 aliphatic rings. The lowest BCUT2D eigenvalue weighted by Crippen LogP contribution is -2.33. The Balaban J connectivity index is 1.97. The molecular weight excluding hydrogens is 362 g/mol. The second kappa shape index (κ2) is 9.96. The number of carbonyl (C=O) groups is 3. The van der Waals surface area contributed by atoms with Crippen LogP contribution in [-0.2, 0) is 4.79 Å². The molecule has 8 heteroatoms. The predicted molar refractivity (Wildman–Crippen MR) is 105 cm³/mol. The Hall–Kier alpha value is -3.55. The lowest BCUT2D eigenvalue weighted by atomic mass is 10.1. The van der Waals surface area contributed by atoms with Gasteiger partial charge in [-0.2, -0.15) is 0 Å². The van der Waals surface area contributed by atoms with Crippen LogP contribution in [0.5, 0.6) is 11.5 Å². The van der Waals surface area contributed by atoms with Crippen LogP contribution < -0.4 is 25.4 Å². The first-order valence-electron chi connectivity index (χ1n) is 8.60. The van der Waals surface area contributed by atoms with E-state index in [-0.39, 0.29) is 17.7 Å². The molecule has 0 aliphatic carbocycles. The number of rotatable bonds is 8. The van der Waals surface area contributed by atoms with Gasteiger partial charge >= 0.3 is 0 Å². The Labute approximate surface area is 163 Å². The maximum absolute atomic E-state index is 12.5. The zero-order chi connectivity index (χ0) is 20.5. The highest BCUT2D eigenvalue weighted by molar-refractivity contribution is 6.05. The van der Waals surface area contributed by atoms with Gasteiger partial charge in [-0.15, -0.1) is 0 Å². The molecule has 0 fully saturated rings. The smallest absolute Gasteiger partial charge is 0.255 e. The average molecular weight is 385 g/mol. The van der Waals surface area contributed by atoms with Crippen molar-refractivity contribution in [2.24, 2.45) is 0 Å². The maximum atomic E-state index is 12.5. The van der Waals surface area contributed by atoms with Crippen molar-refractivity contribution in [1.82, 2.24) is 10.6 Å². The highest BCUT2D eigenvalue weighted by Gasteiger charge is 2.11. The standard InChI is InChI=1S/C20H23N3O5/c1-13(24)21-8-9-22-19(25)14-4-6-16(7-5-14)23-20(26)15-10-17(27-2)12-18(11-15)28-3/h4-7,10-12H,8-9H2,1-3H3,(H,21,24)(H,22,25)(H,23,26). The van der Waals surface area contributed by atoms with Crippen LogP contribution in [0.25, 0.3) is 0 Å². The number of nitrogens with one attached hydrogen (secondary N) is 3. The van der Waals surface area contributed by atoms with Crippen molar-refractivity contribution in [3.63, 3.8) is 0 Å². The fourth-order valence-electron chi connectivity index (χ4n) is 2.36. The molecule has 0 saturated carbocycles. The minimum atomic E-state index is -0.329. The molecule has 0 spiro atoms. The van der Waals surface area contributed by atoms with Crippen LogP contribution in [0.3, 0.4) is 0 Å². The molecule has 0 heterocycles. The topological polar surface area (TPSA) is 106 Å². The SMILES string of the molecule is COc1cc(OC)cc(C(=O)Nc2ccc(C(=O)NCCNC(C)=O)cc2)c1. The molecule has 8 nitrogen and oxygen atoms in total. The van der Waals surface area contributed by atoms with Crippen LogP contribution in [0.1, 0.15) is 27.6 Å². The summed E-state index contributed by atoms with van der Waals surface area (Å²) < 4.78 is 10.3. The normalized spacial score (nSPS) is 9.96. The molecule has 3 amide bonds. The zero-order valence-electron chi connectivity index (χ0n) is 16.0. The number of ether oxygens (including phenoxy) is 2. The summed E-state index contributed by atoms with van der Waals surface area (Å²) in [6.45, 7) is 2.10. The summed E-state index contributed by atoms with van der Waals surface area (Å²) >= 11 is 0. The molecule has 148 valence electrons.